The number of rotatable bonds is 2. The fraction of sp³-hybridized carbons (Fsp3) is 0.267. The van der Waals surface area contributed by atoms with Gasteiger partial charge in [-0.3, -0.25) is 10.00 Å². The number of aromatic amines is 1. The summed E-state index contributed by atoms with van der Waals surface area (Å²) in [5.41, 5.74) is 3.50. The lowest BCUT2D eigenvalue weighted by Gasteiger charge is -2.26. The van der Waals surface area contributed by atoms with Crippen molar-refractivity contribution in [3.05, 3.63) is 41.7 Å². The third-order valence-electron chi connectivity index (χ3n) is 3.53. The number of anilines is 2. The maximum absolute atomic E-state index is 12.4. The summed E-state index contributed by atoms with van der Waals surface area (Å²) in [4.78, 5) is 14.1. The van der Waals surface area contributed by atoms with Crippen LogP contribution in [0.1, 0.15) is 17.7 Å². The van der Waals surface area contributed by atoms with Crippen molar-refractivity contribution in [3.63, 3.8) is 0 Å². The monoisotopic (exact) mass is 281 g/mol. The predicted octanol–water partition coefficient (Wildman–Crippen LogP) is 2.46. The lowest BCUT2D eigenvalue weighted by molar-refractivity contribution is 0.256. The Morgan fingerprint density at radius 3 is 3.00 bits per heavy atom. The van der Waals surface area contributed by atoms with Crippen LogP contribution in [0, 0.1) is 11.3 Å². The van der Waals surface area contributed by atoms with E-state index in [0.717, 1.165) is 35.5 Å². The van der Waals surface area contributed by atoms with E-state index in [4.69, 9.17) is 5.26 Å². The van der Waals surface area contributed by atoms with Gasteiger partial charge in [0.15, 0.2) is 0 Å². The molecule has 1 aliphatic heterocycles. The van der Waals surface area contributed by atoms with E-state index >= 15 is 0 Å². The van der Waals surface area contributed by atoms with Crippen LogP contribution in [0.25, 0.3) is 0 Å². The van der Waals surface area contributed by atoms with Crippen LogP contribution < -0.4 is 10.2 Å². The van der Waals surface area contributed by atoms with Gasteiger partial charge in [0.2, 0.25) is 0 Å². The number of fused-ring (bicyclic) bond motifs is 1. The number of aryl methyl sites for hydroxylation is 1. The van der Waals surface area contributed by atoms with E-state index in [0.29, 0.717) is 13.0 Å². The highest BCUT2D eigenvalue weighted by atomic mass is 16.2. The number of nitriles is 1. The summed E-state index contributed by atoms with van der Waals surface area (Å²) >= 11 is 0. The number of H-pyrrole nitrogens is 1. The molecule has 2 aromatic rings. The summed E-state index contributed by atoms with van der Waals surface area (Å²) in [6.07, 6.45) is 3.90. The van der Waals surface area contributed by atoms with Crippen molar-refractivity contribution >= 4 is 17.4 Å². The zero-order chi connectivity index (χ0) is 14.7. The Labute approximate surface area is 122 Å². The zero-order valence-corrected chi connectivity index (χ0v) is 11.5. The number of benzene rings is 1. The van der Waals surface area contributed by atoms with Gasteiger partial charge < -0.3 is 5.32 Å². The molecular formula is C15H15N5O. The quantitative estimate of drug-likeness (QED) is 0.886. The maximum atomic E-state index is 12.4. The number of aromatic nitrogens is 2. The van der Waals surface area contributed by atoms with Crippen LogP contribution in [0.15, 0.2) is 30.5 Å². The highest BCUT2D eigenvalue weighted by molar-refractivity contribution is 6.02. The lowest BCUT2D eigenvalue weighted by atomic mass is 10.1. The molecule has 0 saturated carbocycles. The average Bonchev–Trinajstić information content (AvgIpc) is 2.98. The van der Waals surface area contributed by atoms with Gasteiger partial charge in [0.1, 0.15) is 0 Å². The summed E-state index contributed by atoms with van der Waals surface area (Å²) in [6, 6.07) is 9.25. The molecule has 0 aliphatic carbocycles. The molecular weight excluding hydrogens is 266 g/mol. The van der Waals surface area contributed by atoms with E-state index < -0.39 is 0 Å². The minimum Gasteiger partial charge on any atom is -0.308 e. The highest BCUT2D eigenvalue weighted by Gasteiger charge is 2.23. The lowest BCUT2D eigenvalue weighted by Crippen LogP contribution is -2.38. The van der Waals surface area contributed by atoms with Crippen molar-refractivity contribution in [1.82, 2.24) is 10.2 Å². The van der Waals surface area contributed by atoms with Gasteiger partial charge in [0, 0.05) is 12.2 Å². The molecule has 106 valence electrons. The fourth-order valence-corrected chi connectivity index (χ4v) is 2.46. The van der Waals surface area contributed by atoms with Crippen molar-refractivity contribution in [3.8, 4) is 6.07 Å². The normalized spacial score (nSPS) is 13.4. The van der Waals surface area contributed by atoms with E-state index in [1.807, 2.05) is 24.3 Å². The second-order valence-corrected chi connectivity index (χ2v) is 4.95. The largest absolute Gasteiger partial charge is 0.326 e. The number of hydrogen-bond donors (Lipinski definition) is 2. The van der Waals surface area contributed by atoms with Crippen LogP contribution in [0.3, 0.4) is 0 Å². The van der Waals surface area contributed by atoms with E-state index in [1.165, 1.54) is 0 Å². The molecule has 2 N–H and O–H groups in total. The number of amides is 2. The van der Waals surface area contributed by atoms with Gasteiger partial charge in [-0.2, -0.15) is 10.4 Å². The Balaban J connectivity index is 1.71. The van der Waals surface area contributed by atoms with Gasteiger partial charge in [0.25, 0.3) is 0 Å². The van der Waals surface area contributed by atoms with Gasteiger partial charge in [-0.05, 0) is 30.5 Å². The molecule has 2 heterocycles. The Kier molecular flexibility index (Phi) is 3.56. The topological polar surface area (TPSA) is 84.8 Å². The molecule has 6 nitrogen and oxygen atoms in total. The fourth-order valence-electron chi connectivity index (χ4n) is 2.46. The minimum atomic E-state index is -0.162. The molecule has 0 fully saturated rings. The first-order valence-electron chi connectivity index (χ1n) is 6.84. The van der Waals surface area contributed by atoms with Crippen LogP contribution in [-0.2, 0) is 12.8 Å². The SMILES string of the molecule is N#CCc1ccc(NC(=O)N2CCCc3[nH]ncc32)cc1. The van der Waals surface area contributed by atoms with Gasteiger partial charge in [-0.1, -0.05) is 12.1 Å². The van der Waals surface area contributed by atoms with Crippen molar-refractivity contribution in [2.75, 3.05) is 16.8 Å². The van der Waals surface area contributed by atoms with Crippen molar-refractivity contribution in [2.24, 2.45) is 0 Å². The Morgan fingerprint density at radius 2 is 2.24 bits per heavy atom. The smallest absolute Gasteiger partial charge is 0.308 e. The number of nitrogens with one attached hydrogen (secondary N) is 2. The van der Waals surface area contributed by atoms with Gasteiger partial charge in [-0.15, -0.1) is 0 Å². The van der Waals surface area contributed by atoms with Crippen LogP contribution >= 0.6 is 0 Å². The molecule has 6 heteroatoms. The van der Waals surface area contributed by atoms with Crippen LogP contribution in [0.5, 0.6) is 0 Å². The third kappa shape index (κ3) is 2.72. The van der Waals surface area contributed by atoms with Gasteiger partial charge in [0.05, 0.1) is 30.1 Å². The Hall–Kier alpha value is -2.81. The number of urea groups is 1. The maximum Gasteiger partial charge on any atom is 0.326 e. The average molecular weight is 281 g/mol. The van der Waals surface area contributed by atoms with E-state index in [9.17, 15) is 4.79 Å². The number of hydrogen-bond acceptors (Lipinski definition) is 3. The molecule has 0 atom stereocenters. The molecule has 0 spiro atoms. The standard InChI is InChI=1S/C15H15N5O/c16-8-7-11-3-5-12(6-4-11)18-15(21)20-9-1-2-13-14(20)10-17-19-13/h3-6,10H,1-2,7,9H2,(H,17,19)(H,18,21). The van der Waals surface area contributed by atoms with Crippen molar-refractivity contribution < 1.29 is 4.79 Å². The summed E-state index contributed by atoms with van der Waals surface area (Å²) < 4.78 is 0. The van der Waals surface area contributed by atoms with Gasteiger partial charge >= 0.3 is 6.03 Å². The predicted molar refractivity (Wildman–Crippen MR) is 79.0 cm³/mol. The molecule has 0 radical (unpaired) electrons. The second kappa shape index (κ2) is 5.67. The van der Waals surface area contributed by atoms with Crippen LogP contribution in [0.2, 0.25) is 0 Å². The summed E-state index contributed by atoms with van der Waals surface area (Å²) in [5, 5.41) is 18.4. The third-order valence-corrected chi connectivity index (χ3v) is 3.53. The first-order chi connectivity index (χ1) is 10.3. The zero-order valence-electron chi connectivity index (χ0n) is 11.5. The van der Waals surface area contributed by atoms with Crippen LogP contribution in [0.4, 0.5) is 16.2 Å². The summed E-state index contributed by atoms with van der Waals surface area (Å²) in [6.45, 7) is 0.685. The first kappa shape index (κ1) is 13.2. The summed E-state index contributed by atoms with van der Waals surface area (Å²) in [7, 11) is 0. The van der Waals surface area contributed by atoms with Gasteiger partial charge in [-0.25, -0.2) is 4.79 Å². The van der Waals surface area contributed by atoms with Crippen LogP contribution in [-0.4, -0.2) is 22.8 Å². The van der Waals surface area contributed by atoms with E-state index in [1.54, 1.807) is 11.1 Å². The minimum absolute atomic E-state index is 0.162. The molecule has 21 heavy (non-hydrogen) atoms. The van der Waals surface area contributed by atoms with Crippen molar-refractivity contribution in [2.45, 2.75) is 19.3 Å². The Morgan fingerprint density at radius 1 is 1.43 bits per heavy atom. The van der Waals surface area contributed by atoms with E-state index in [2.05, 4.69) is 21.6 Å². The van der Waals surface area contributed by atoms with E-state index in [-0.39, 0.29) is 6.03 Å². The molecule has 1 aliphatic rings. The Bertz CT molecular complexity index is 683. The molecule has 2 amide bonds. The van der Waals surface area contributed by atoms with Crippen molar-refractivity contribution in [1.29, 1.82) is 5.26 Å². The molecule has 0 saturated heterocycles. The number of nitrogens with zero attached hydrogens (tertiary/aromatic N) is 3. The highest BCUT2D eigenvalue weighted by Crippen LogP contribution is 2.25. The second-order valence-electron chi connectivity index (χ2n) is 4.95. The molecule has 1 aromatic heterocycles. The molecule has 3 rings (SSSR count). The number of carbonyl (C=O) groups is 1. The summed E-state index contributed by atoms with van der Waals surface area (Å²) in [5.74, 6) is 0. The number of carbonyl (C=O) groups excluding carboxylic acids is 1. The molecule has 0 unspecified atom stereocenters. The first-order valence-corrected chi connectivity index (χ1v) is 6.84. The molecule has 1 aromatic carbocycles. The molecule has 0 bridgehead atoms.